The molecule has 0 spiro atoms. The lowest BCUT2D eigenvalue weighted by molar-refractivity contribution is 0.0643. The molecule has 0 saturated heterocycles. The Bertz CT molecular complexity index is 419. The van der Waals surface area contributed by atoms with Crippen LogP contribution in [0.25, 0.3) is 0 Å². The van der Waals surface area contributed by atoms with Crippen molar-refractivity contribution in [3.8, 4) is 0 Å². The number of hydrogen-bond donors (Lipinski definition) is 1. The van der Waals surface area contributed by atoms with E-state index in [4.69, 9.17) is 4.74 Å². The van der Waals surface area contributed by atoms with E-state index < -0.39 is 11.6 Å². The predicted molar refractivity (Wildman–Crippen MR) is 71.1 cm³/mol. The molecule has 0 aliphatic rings. The van der Waals surface area contributed by atoms with E-state index in [2.05, 4.69) is 6.58 Å². The molecule has 1 unspecified atom stereocenters. The van der Waals surface area contributed by atoms with Gasteiger partial charge in [0.05, 0.1) is 17.4 Å². The Morgan fingerprint density at radius 3 is 2.72 bits per heavy atom. The van der Waals surface area contributed by atoms with Crippen LogP contribution in [-0.4, -0.2) is 16.7 Å². The van der Waals surface area contributed by atoms with Crippen molar-refractivity contribution in [2.45, 2.75) is 25.4 Å². The summed E-state index contributed by atoms with van der Waals surface area (Å²) in [4.78, 5) is 11.6. The first-order chi connectivity index (χ1) is 8.55. The maximum atomic E-state index is 11.6. The van der Waals surface area contributed by atoms with Crippen molar-refractivity contribution in [3.05, 3.63) is 60.9 Å². The number of ether oxygens (including phenoxy) is 1. The highest BCUT2D eigenvalue weighted by molar-refractivity contribution is 5.89. The number of rotatable bonds is 6. The SMILES string of the molecule is C=CCCC(C)(O)/C=C\OC(=O)c1ccccc1. The van der Waals surface area contributed by atoms with Gasteiger partial charge < -0.3 is 9.84 Å². The molecular formula is C15H18O3. The normalized spacial score (nSPS) is 14.1. The maximum absolute atomic E-state index is 11.6. The summed E-state index contributed by atoms with van der Waals surface area (Å²) in [5, 5.41) is 9.90. The smallest absolute Gasteiger partial charge is 0.342 e. The van der Waals surface area contributed by atoms with E-state index in [1.165, 1.54) is 12.3 Å². The molecule has 0 radical (unpaired) electrons. The lowest BCUT2D eigenvalue weighted by atomic mass is 10.0. The molecule has 0 aromatic heterocycles. The predicted octanol–water partition coefficient (Wildman–Crippen LogP) is 3.07. The molecule has 96 valence electrons. The molecule has 1 aromatic rings. The molecule has 1 rings (SSSR count). The van der Waals surface area contributed by atoms with Gasteiger partial charge in [-0.05, 0) is 38.0 Å². The Morgan fingerprint density at radius 2 is 2.11 bits per heavy atom. The Hall–Kier alpha value is -1.87. The monoisotopic (exact) mass is 246 g/mol. The number of carbonyl (C=O) groups is 1. The third kappa shape index (κ3) is 4.97. The molecular weight excluding hydrogens is 228 g/mol. The highest BCUT2D eigenvalue weighted by atomic mass is 16.5. The summed E-state index contributed by atoms with van der Waals surface area (Å²) in [7, 11) is 0. The Kier molecular flexibility index (Phi) is 5.33. The quantitative estimate of drug-likeness (QED) is 0.476. The van der Waals surface area contributed by atoms with E-state index in [1.807, 2.05) is 6.07 Å². The molecule has 1 atom stereocenters. The molecule has 0 saturated carbocycles. The summed E-state index contributed by atoms with van der Waals surface area (Å²) < 4.78 is 4.94. The average molecular weight is 246 g/mol. The molecule has 0 bridgehead atoms. The zero-order valence-electron chi connectivity index (χ0n) is 10.5. The van der Waals surface area contributed by atoms with Crippen LogP contribution in [0, 0.1) is 0 Å². The van der Waals surface area contributed by atoms with Gasteiger partial charge >= 0.3 is 5.97 Å². The molecule has 1 N–H and O–H groups in total. The fraction of sp³-hybridized carbons (Fsp3) is 0.267. The molecule has 18 heavy (non-hydrogen) atoms. The number of benzene rings is 1. The summed E-state index contributed by atoms with van der Waals surface area (Å²) in [5.74, 6) is -0.439. The minimum Gasteiger partial charge on any atom is -0.431 e. The summed E-state index contributed by atoms with van der Waals surface area (Å²) in [6.45, 7) is 5.25. The van der Waals surface area contributed by atoms with Gasteiger partial charge in [-0.2, -0.15) is 0 Å². The maximum Gasteiger partial charge on any atom is 0.342 e. The summed E-state index contributed by atoms with van der Waals surface area (Å²) in [6, 6.07) is 8.70. The van der Waals surface area contributed by atoms with Crippen molar-refractivity contribution in [2.75, 3.05) is 0 Å². The van der Waals surface area contributed by atoms with Crippen LogP contribution in [0.1, 0.15) is 30.1 Å². The van der Waals surface area contributed by atoms with Gasteiger partial charge in [0.1, 0.15) is 0 Å². The molecule has 0 aliphatic heterocycles. The third-order valence-electron chi connectivity index (χ3n) is 2.47. The topological polar surface area (TPSA) is 46.5 Å². The van der Waals surface area contributed by atoms with Crippen LogP contribution in [0.5, 0.6) is 0 Å². The van der Waals surface area contributed by atoms with E-state index in [-0.39, 0.29) is 0 Å². The number of esters is 1. The van der Waals surface area contributed by atoms with Gasteiger partial charge in [0.15, 0.2) is 0 Å². The first kappa shape index (κ1) is 14.2. The second-order valence-corrected chi connectivity index (χ2v) is 4.26. The van der Waals surface area contributed by atoms with Crippen molar-refractivity contribution in [3.63, 3.8) is 0 Å². The van der Waals surface area contributed by atoms with Crippen molar-refractivity contribution in [1.29, 1.82) is 0 Å². The highest BCUT2D eigenvalue weighted by Crippen LogP contribution is 2.14. The Balaban J connectivity index is 2.50. The van der Waals surface area contributed by atoms with Crippen LogP contribution in [0.4, 0.5) is 0 Å². The van der Waals surface area contributed by atoms with E-state index in [9.17, 15) is 9.90 Å². The number of hydrogen-bond acceptors (Lipinski definition) is 3. The van der Waals surface area contributed by atoms with E-state index in [1.54, 1.807) is 37.3 Å². The van der Waals surface area contributed by atoms with Gasteiger partial charge in [-0.1, -0.05) is 24.3 Å². The zero-order chi connectivity index (χ0) is 13.4. The van der Waals surface area contributed by atoms with Gasteiger partial charge in [0.25, 0.3) is 0 Å². The molecule has 3 nitrogen and oxygen atoms in total. The van der Waals surface area contributed by atoms with Crippen LogP contribution in [-0.2, 0) is 4.74 Å². The fourth-order valence-electron chi connectivity index (χ4n) is 1.36. The van der Waals surface area contributed by atoms with Crippen molar-refractivity contribution in [1.82, 2.24) is 0 Å². The molecule has 0 aliphatic carbocycles. The Labute approximate surface area is 107 Å². The van der Waals surface area contributed by atoms with E-state index in [0.29, 0.717) is 18.4 Å². The Morgan fingerprint density at radius 1 is 1.44 bits per heavy atom. The number of carbonyl (C=O) groups excluding carboxylic acids is 1. The highest BCUT2D eigenvalue weighted by Gasteiger charge is 2.15. The number of allylic oxidation sites excluding steroid dienone is 1. The summed E-state index contributed by atoms with van der Waals surface area (Å²) in [5.41, 5.74) is -0.515. The minimum absolute atomic E-state index is 0.439. The first-order valence-corrected chi connectivity index (χ1v) is 5.82. The number of aliphatic hydroxyl groups is 1. The van der Waals surface area contributed by atoms with Crippen molar-refractivity contribution >= 4 is 5.97 Å². The molecule has 0 fully saturated rings. The summed E-state index contributed by atoms with van der Waals surface area (Å²) >= 11 is 0. The molecule has 3 heteroatoms. The van der Waals surface area contributed by atoms with Crippen molar-refractivity contribution < 1.29 is 14.6 Å². The van der Waals surface area contributed by atoms with Crippen LogP contribution < -0.4 is 0 Å². The van der Waals surface area contributed by atoms with Gasteiger partial charge in [0.2, 0.25) is 0 Å². The van der Waals surface area contributed by atoms with Gasteiger partial charge in [-0.3, -0.25) is 0 Å². The molecule has 1 aromatic carbocycles. The lowest BCUT2D eigenvalue weighted by Crippen LogP contribution is -2.20. The largest absolute Gasteiger partial charge is 0.431 e. The van der Waals surface area contributed by atoms with E-state index in [0.717, 1.165) is 0 Å². The zero-order valence-corrected chi connectivity index (χ0v) is 10.5. The van der Waals surface area contributed by atoms with Crippen LogP contribution >= 0.6 is 0 Å². The second-order valence-electron chi connectivity index (χ2n) is 4.26. The van der Waals surface area contributed by atoms with Crippen LogP contribution in [0.15, 0.2) is 55.3 Å². The van der Waals surface area contributed by atoms with Gasteiger partial charge in [0, 0.05) is 0 Å². The van der Waals surface area contributed by atoms with Crippen molar-refractivity contribution in [2.24, 2.45) is 0 Å². The fourth-order valence-corrected chi connectivity index (χ4v) is 1.36. The van der Waals surface area contributed by atoms with Crippen LogP contribution in [0.2, 0.25) is 0 Å². The van der Waals surface area contributed by atoms with Crippen LogP contribution in [0.3, 0.4) is 0 Å². The average Bonchev–Trinajstić information content (AvgIpc) is 2.37. The molecule has 0 amide bonds. The standard InChI is InChI=1S/C15H18O3/c1-3-4-10-15(2,17)11-12-18-14(16)13-8-6-5-7-9-13/h3,5-9,11-12,17H,1,4,10H2,2H3/b12-11-. The third-order valence-corrected chi connectivity index (χ3v) is 2.47. The summed E-state index contributed by atoms with van der Waals surface area (Å²) in [6.07, 6.45) is 5.67. The van der Waals surface area contributed by atoms with E-state index >= 15 is 0 Å². The lowest BCUT2D eigenvalue weighted by Gasteiger charge is -2.17. The minimum atomic E-state index is -0.995. The first-order valence-electron chi connectivity index (χ1n) is 5.82. The molecule has 0 heterocycles. The van der Waals surface area contributed by atoms with Gasteiger partial charge in [-0.25, -0.2) is 4.79 Å². The second kappa shape index (κ2) is 6.77. The van der Waals surface area contributed by atoms with Gasteiger partial charge in [-0.15, -0.1) is 6.58 Å².